The number of aryl methyl sites for hydroxylation is 1. The summed E-state index contributed by atoms with van der Waals surface area (Å²) in [7, 11) is -3.31. The number of morpholine rings is 1. The Labute approximate surface area is 246 Å². The minimum atomic E-state index is -3.31. The van der Waals surface area contributed by atoms with Gasteiger partial charge in [0, 0.05) is 49.0 Å². The van der Waals surface area contributed by atoms with E-state index in [0.29, 0.717) is 17.2 Å². The summed E-state index contributed by atoms with van der Waals surface area (Å²) in [6.07, 6.45) is 3.95. The van der Waals surface area contributed by atoms with Crippen LogP contribution in [0.1, 0.15) is 27.9 Å². The second kappa shape index (κ2) is 13.4. The number of ether oxygens (including phenoxy) is 1. The van der Waals surface area contributed by atoms with Gasteiger partial charge in [-0.3, -0.25) is 9.69 Å². The highest BCUT2D eigenvalue weighted by Crippen LogP contribution is 2.28. The number of amides is 1. The van der Waals surface area contributed by atoms with Crippen molar-refractivity contribution in [3.05, 3.63) is 83.6 Å². The van der Waals surface area contributed by atoms with E-state index in [9.17, 15) is 13.2 Å². The molecule has 0 atom stereocenters. The summed E-state index contributed by atoms with van der Waals surface area (Å²) in [6, 6.07) is 18.7. The number of nitrogens with one attached hydrogen (secondary N) is 3. The lowest BCUT2D eigenvalue weighted by Crippen LogP contribution is -2.37. The Morgan fingerprint density at radius 3 is 2.69 bits per heavy atom. The van der Waals surface area contributed by atoms with Crippen LogP contribution in [0.15, 0.2) is 66.9 Å². The lowest BCUT2D eigenvalue weighted by Gasteiger charge is -2.26. The van der Waals surface area contributed by atoms with E-state index in [1.165, 1.54) is 0 Å². The van der Waals surface area contributed by atoms with Crippen LogP contribution in [-0.4, -0.2) is 74.8 Å². The average molecular weight is 589 g/mol. The summed E-state index contributed by atoms with van der Waals surface area (Å²) in [5, 5.41) is 7.17. The molecule has 5 rings (SSSR count). The quantitative estimate of drug-likeness (QED) is 0.224. The molecule has 3 N–H and O–H groups in total. The van der Waals surface area contributed by atoms with Crippen LogP contribution < -0.4 is 15.4 Å². The van der Waals surface area contributed by atoms with Gasteiger partial charge in [-0.2, -0.15) is 0 Å². The highest BCUT2D eigenvalue weighted by atomic mass is 32.2. The molecule has 4 aromatic rings. The van der Waals surface area contributed by atoms with E-state index < -0.39 is 10.0 Å². The van der Waals surface area contributed by atoms with Crippen LogP contribution in [0, 0.1) is 6.92 Å². The number of carbonyl (C=O) groups is 1. The van der Waals surface area contributed by atoms with E-state index in [1.54, 1.807) is 30.3 Å². The zero-order valence-electron chi connectivity index (χ0n) is 23.9. The number of hydrogen-bond acceptors (Lipinski definition) is 8. The molecule has 0 unspecified atom stereocenters. The molecule has 1 saturated heterocycles. The third kappa shape index (κ3) is 8.10. The summed E-state index contributed by atoms with van der Waals surface area (Å²) >= 11 is 0. The van der Waals surface area contributed by atoms with Gasteiger partial charge in [-0.25, -0.2) is 23.1 Å². The van der Waals surface area contributed by atoms with Gasteiger partial charge >= 0.3 is 0 Å². The molecule has 11 heteroatoms. The first-order chi connectivity index (χ1) is 20.2. The molecular formula is C31H36N6O4S. The van der Waals surface area contributed by atoms with Gasteiger partial charge in [0.2, 0.25) is 16.0 Å². The van der Waals surface area contributed by atoms with E-state index >= 15 is 0 Å². The molecule has 42 heavy (non-hydrogen) atoms. The fourth-order valence-electron chi connectivity index (χ4n) is 4.86. The van der Waals surface area contributed by atoms with Crippen molar-refractivity contribution in [3.63, 3.8) is 0 Å². The highest BCUT2D eigenvalue weighted by Gasteiger charge is 2.13. The molecule has 220 valence electrons. The number of sulfonamides is 1. The molecule has 1 amide bonds. The molecule has 3 aromatic carbocycles. The summed E-state index contributed by atoms with van der Waals surface area (Å²) in [4.78, 5) is 24.7. The normalized spacial score (nSPS) is 14.1. The van der Waals surface area contributed by atoms with Crippen molar-refractivity contribution >= 4 is 38.5 Å². The van der Waals surface area contributed by atoms with Crippen molar-refractivity contribution in [2.75, 3.05) is 56.3 Å². The van der Waals surface area contributed by atoms with E-state index in [-0.39, 0.29) is 12.5 Å². The molecule has 10 nitrogen and oxygen atoms in total. The van der Waals surface area contributed by atoms with Gasteiger partial charge in [-0.15, -0.1) is 0 Å². The molecule has 1 aliphatic rings. The fourth-order valence-corrected chi connectivity index (χ4v) is 5.29. The van der Waals surface area contributed by atoms with Crippen molar-refractivity contribution < 1.29 is 17.9 Å². The molecule has 0 spiro atoms. The summed E-state index contributed by atoms with van der Waals surface area (Å²) in [5.41, 5.74) is 5.65. The maximum atomic E-state index is 13.1. The van der Waals surface area contributed by atoms with E-state index in [0.717, 1.165) is 85.2 Å². The Bertz CT molecular complexity index is 1670. The van der Waals surface area contributed by atoms with Gasteiger partial charge in [0.15, 0.2) is 0 Å². The SMILES string of the molecule is Cc1ccc(C(=O)Nc2cccc(CNS(C)(=O)=O)c2)cc1-c1ccc2nc(NCCCN3CCOCC3)ncc2c1. The van der Waals surface area contributed by atoms with Gasteiger partial charge in [0.05, 0.1) is 25.0 Å². The standard InChI is InChI=1S/C31H36N6O4S/c1-22-7-8-25(30(38)35-27-6-3-5-23(17-27)20-34-42(2,39)40)19-28(22)24-9-10-29-26(18-24)21-33-31(36-29)32-11-4-12-37-13-15-41-16-14-37/h3,5-10,17-19,21,34H,4,11-16,20H2,1-2H3,(H,35,38)(H,32,33,36). The fraction of sp³-hybridized carbons (Fsp3) is 0.323. The number of aromatic nitrogens is 2. The third-order valence-electron chi connectivity index (χ3n) is 7.15. The summed E-state index contributed by atoms with van der Waals surface area (Å²) < 4.78 is 30.7. The van der Waals surface area contributed by atoms with E-state index in [2.05, 4.69) is 30.2 Å². The molecule has 0 aliphatic carbocycles. The van der Waals surface area contributed by atoms with Crippen LogP contribution in [0.4, 0.5) is 11.6 Å². The third-order valence-corrected chi connectivity index (χ3v) is 7.82. The van der Waals surface area contributed by atoms with Gasteiger partial charge in [-0.05, 0) is 78.5 Å². The smallest absolute Gasteiger partial charge is 0.255 e. The van der Waals surface area contributed by atoms with Gasteiger partial charge in [0.1, 0.15) is 0 Å². The van der Waals surface area contributed by atoms with Crippen molar-refractivity contribution in [2.24, 2.45) is 0 Å². The molecule has 1 aliphatic heterocycles. The predicted molar refractivity (Wildman–Crippen MR) is 166 cm³/mol. The van der Waals surface area contributed by atoms with E-state index in [4.69, 9.17) is 4.74 Å². The molecule has 0 radical (unpaired) electrons. The highest BCUT2D eigenvalue weighted by molar-refractivity contribution is 7.88. The minimum absolute atomic E-state index is 0.148. The van der Waals surface area contributed by atoms with Crippen LogP contribution in [-0.2, 0) is 21.3 Å². The number of anilines is 2. The van der Waals surface area contributed by atoms with Gasteiger partial charge in [0.25, 0.3) is 5.91 Å². The van der Waals surface area contributed by atoms with Crippen LogP contribution in [0.2, 0.25) is 0 Å². The molecule has 0 bridgehead atoms. The van der Waals surface area contributed by atoms with E-state index in [1.807, 2.05) is 43.5 Å². The van der Waals surface area contributed by atoms with Gasteiger partial charge in [-0.1, -0.05) is 24.3 Å². The second-order valence-electron chi connectivity index (χ2n) is 10.5. The summed E-state index contributed by atoms with van der Waals surface area (Å²) in [6.45, 7) is 7.59. The molecular weight excluding hydrogens is 552 g/mol. The predicted octanol–water partition coefficient (Wildman–Crippen LogP) is 4.04. The average Bonchev–Trinajstić information content (AvgIpc) is 2.98. The Kier molecular flexibility index (Phi) is 9.43. The molecule has 1 aromatic heterocycles. The van der Waals surface area contributed by atoms with Crippen LogP contribution in [0.3, 0.4) is 0 Å². The second-order valence-corrected chi connectivity index (χ2v) is 12.3. The largest absolute Gasteiger partial charge is 0.379 e. The summed E-state index contributed by atoms with van der Waals surface area (Å²) in [5.74, 6) is 0.362. The number of nitrogens with zero attached hydrogens (tertiary/aromatic N) is 3. The first-order valence-electron chi connectivity index (χ1n) is 14.0. The zero-order valence-corrected chi connectivity index (χ0v) is 24.7. The van der Waals surface area contributed by atoms with Gasteiger partial charge < -0.3 is 15.4 Å². The maximum Gasteiger partial charge on any atom is 0.255 e. The molecule has 2 heterocycles. The minimum Gasteiger partial charge on any atom is -0.379 e. The maximum absolute atomic E-state index is 13.1. The van der Waals surface area contributed by atoms with Crippen molar-refractivity contribution in [1.82, 2.24) is 19.6 Å². The monoisotopic (exact) mass is 588 g/mol. The number of fused-ring (bicyclic) bond motifs is 1. The van der Waals surface area contributed by atoms with Crippen molar-refractivity contribution in [1.29, 1.82) is 0 Å². The Morgan fingerprint density at radius 1 is 1.05 bits per heavy atom. The Morgan fingerprint density at radius 2 is 1.88 bits per heavy atom. The number of carbonyl (C=O) groups excluding carboxylic acids is 1. The number of benzene rings is 3. The first kappa shape index (κ1) is 29.6. The van der Waals surface area contributed by atoms with Crippen molar-refractivity contribution in [3.8, 4) is 11.1 Å². The zero-order chi connectivity index (χ0) is 29.5. The Balaban J connectivity index is 1.24. The Hall–Kier alpha value is -3.90. The van der Waals surface area contributed by atoms with Crippen LogP contribution in [0.25, 0.3) is 22.0 Å². The first-order valence-corrected chi connectivity index (χ1v) is 15.9. The lowest BCUT2D eigenvalue weighted by atomic mass is 9.97. The number of hydrogen-bond donors (Lipinski definition) is 3. The lowest BCUT2D eigenvalue weighted by molar-refractivity contribution is 0.0378. The van der Waals surface area contributed by atoms with Crippen molar-refractivity contribution in [2.45, 2.75) is 19.9 Å². The van der Waals surface area contributed by atoms with Crippen LogP contribution >= 0.6 is 0 Å². The molecule has 0 saturated carbocycles. The molecule has 1 fully saturated rings. The number of rotatable bonds is 11. The topological polar surface area (TPSA) is 126 Å². The van der Waals surface area contributed by atoms with Crippen LogP contribution in [0.5, 0.6) is 0 Å².